The Balaban J connectivity index is 0.000000188. The van der Waals surface area contributed by atoms with Crippen LogP contribution in [0.2, 0.25) is 0 Å². The molecule has 0 radical (unpaired) electrons. The van der Waals surface area contributed by atoms with E-state index in [1.807, 2.05) is 12.1 Å². The van der Waals surface area contributed by atoms with Crippen molar-refractivity contribution in [3.8, 4) is 0 Å². The minimum Gasteiger partial charge on any atom is -0.393 e. The Labute approximate surface area is 290 Å². The standard InChI is InChI=1S/C11H15N3O3.C11H17N3O.C6H13NO.C5H3FN2O2/c15-10-2-1-6-13(7-5-10)9-3-4-11(12-8-9)14(16)17;12-11-4-3-9(8-13-11)14-6-1-2-10(15)5-7-14;8-6-2-1-4-7-5-3-6;6-5-2-1-4(3-7-5)8(9)10/h3-4,8,10,15H,1-2,5-7H2;3-4,8,10,15H,1-2,5-7H2,(H2,12,13);6-8H,1-5H2;1-3H. The van der Waals surface area contributed by atoms with Crippen LogP contribution in [0.4, 0.5) is 33.1 Å². The van der Waals surface area contributed by atoms with Gasteiger partial charge < -0.3 is 46.3 Å². The van der Waals surface area contributed by atoms with Crippen LogP contribution in [0.3, 0.4) is 0 Å². The van der Waals surface area contributed by atoms with Crippen LogP contribution in [0.1, 0.15) is 57.8 Å². The highest BCUT2D eigenvalue weighted by atomic mass is 19.1. The molecule has 3 saturated heterocycles. The summed E-state index contributed by atoms with van der Waals surface area (Å²) in [5.41, 5.74) is 7.31. The number of aliphatic hydroxyl groups excluding tert-OH is 3. The van der Waals surface area contributed by atoms with Crippen molar-refractivity contribution in [2.45, 2.75) is 76.1 Å². The van der Waals surface area contributed by atoms with Gasteiger partial charge in [0, 0.05) is 38.3 Å². The number of halogens is 1. The predicted molar refractivity (Wildman–Crippen MR) is 187 cm³/mol. The zero-order valence-electron chi connectivity index (χ0n) is 28.1. The third-order valence-electron chi connectivity index (χ3n) is 8.28. The first-order valence-electron chi connectivity index (χ1n) is 16.8. The minimum absolute atomic E-state index is 0.0370. The lowest BCUT2D eigenvalue weighted by Gasteiger charge is -2.22. The molecule has 0 amide bonds. The topological polar surface area (TPSA) is 230 Å². The number of nitrogens with one attached hydrogen (secondary N) is 1. The summed E-state index contributed by atoms with van der Waals surface area (Å²) in [6.45, 7) is 5.57. The summed E-state index contributed by atoms with van der Waals surface area (Å²) >= 11 is 0. The van der Waals surface area contributed by atoms with Gasteiger partial charge in [0.15, 0.2) is 6.20 Å². The van der Waals surface area contributed by atoms with Gasteiger partial charge in [0.2, 0.25) is 5.95 Å². The van der Waals surface area contributed by atoms with Gasteiger partial charge in [-0.05, 0) is 105 Å². The van der Waals surface area contributed by atoms with Crippen molar-refractivity contribution in [1.82, 2.24) is 20.3 Å². The molecule has 274 valence electrons. The van der Waals surface area contributed by atoms with E-state index in [0.717, 1.165) is 127 Å². The fourth-order valence-electron chi connectivity index (χ4n) is 5.41. The largest absolute Gasteiger partial charge is 0.393 e. The molecule has 3 aliphatic heterocycles. The molecule has 3 unspecified atom stereocenters. The lowest BCUT2D eigenvalue weighted by molar-refractivity contribution is -0.389. The zero-order valence-corrected chi connectivity index (χ0v) is 28.1. The Hall–Kier alpha value is -4.58. The predicted octanol–water partition coefficient (Wildman–Crippen LogP) is 3.61. The van der Waals surface area contributed by atoms with E-state index < -0.39 is 15.8 Å². The summed E-state index contributed by atoms with van der Waals surface area (Å²) in [7, 11) is 0. The lowest BCUT2D eigenvalue weighted by Crippen LogP contribution is -2.24. The number of hydrogen-bond donors (Lipinski definition) is 5. The van der Waals surface area contributed by atoms with Gasteiger partial charge in [-0.1, -0.05) is 0 Å². The van der Waals surface area contributed by atoms with Crippen molar-refractivity contribution in [3.05, 3.63) is 81.2 Å². The van der Waals surface area contributed by atoms with Crippen LogP contribution in [0.15, 0.2) is 55.0 Å². The average molecular weight is 702 g/mol. The summed E-state index contributed by atoms with van der Waals surface area (Å²) in [4.78, 5) is 34.6. The van der Waals surface area contributed by atoms with Gasteiger partial charge in [-0.2, -0.15) is 4.39 Å². The third-order valence-corrected chi connectivity index (χ3v) is 8.28. The first-order valence-corrected chi connectivity index (χ1v) is 16.8. The molecule has 3 fully saturated rings. The summed E-state index contributed by atoms with van der Waals surface area (Å²) in [5.74, 6) is -0.303. The maximum atomic E-state index is 12.0. The molecule has 6 heterocycles. The monoisotopic (exact) mass is 701 g/mol. The van der Waals surface area contributed by atoms with Crippen LogP contribution in [0.5, 0.6) is 0 Å². The second-order valence-electron chi connectivity index (χ2n) is 12.1. The first-order chi connectivity index (χ1) is 24.0. The summed E-state index contributed by atoms with van der Waals surface area (Å²) in [5, 5.41) is 51.8. The molecule has 0 bridgehead atoms. The Morgan fingerprint density at radius 1 is 0.680 bits per heavy atom. The number of nitrogen functional groups attached to an aromatic ring is 1. The number of rotatable bonds is 4. The molecule has 16 nitrogen and oxygen atoms in total. The SMILES string of the molecule is Nc1ccc(N2CCCC(O)CC2)cn1.O=[N+]([O-])c1ccc(F)nc1.O=[N+]([O-])c1ccc(N2CCCC(O)CC2)cn1.OC1CCCNCC1. The molecule has 3 aliphatic rings. The molecule has 0 saturated carbocycles. The molecule has 3 aromatic rings. The summed E-state index contributed by atoms with van der Waals surface area (Å²) < 4.78 is 12.0. The van der Waals surface area contributed by atoms with Crippen molar-refractivity contribution in [2.24, 2.45) is 0 Å². The number of nitrogens with two attached hydrogens (primary N) is 1. The van der Waals surface area contributed by atoms with Gasteiger partial charge in [0.1, 0.15) is 12.0 Å². The highest BCUT2D eigenvalue weighted by Gasteiger charge is 2.18. The fourth-order valence-corrected chi connectivity index (χ4v) is 5.41. The van der Waals surface area contributed by atoms with Gasteiger partial charge in [0.05, 0.1) is 40.8 Å². The highest BCUT2D eigenvalue weighted by Crippen LogP contribution is 2.21. The Morgan fingerprint density at radius 2 is 1.26 bits per heavy atom. The molecular weight excluding hydrogens is 653 g/mol. The maximum Gasteiger partial charge on any atom is 0.363 e. The van der Waals surface area contributed by atoms with Crippen LogP contribution < -0.4 is 20.9 Å². The first kappa shape index (κ1) is 39.9. The van der Waals surface area contributed by atoms with E-state index >= 15 is 0 Å². The fraction of sp³-hybridized carbons (Fsp3) is 0.545. The molecular formula is C33H48FN9O7. The van der Waals surface area contributed by atoms with Gasteiger partial charge >= 0.3 is 5.82 Å². The Kier molecular flexibility index (Phi) is 17.1. The second kappa shape index (κ2) is 21.5. The number of aromatic nitrogens is 3. The molecule has 0 aliphatic carbocycles. The van der Waals surface area contributed by atoms with E-state index in [-0.39, 0.29) is 29.8 Å². The Morgan fingerprint density at radius 3 is 1.76 bits per heavy atom. The number of aliphatic hydroxyl groups is 3. The number of hydrogen-bond acceptors (Lipinski definition) is 14. The molecule has 3 aromatic heterocycles. The number of pyridine rings is 3. The van der Waals surface area contributed by atoms with Crippen LogP contribution >= 0.6 is 0 Å². The quantitative estimate of drug-likeness (QED) is 0.149. The van der Waals surface area contributed by atoms with E-state index in [0.29, 0.717) is 5.82 Å². The van der Waals surface area contributed by atoms with Crippen molar-refractivity contribution < 1.29 is 29.6 Å². The van der Waals surface area contributed by atoms with Crippen molar-refractivity contribution in [2.75, 3.05) is 54.8 Å². The van der Waals surface area contributed by atoms with Crippen LogP contribution in [0.25, 0.3) is 0 Å². The maximum absolute atomic E-state index is 12.0. The second-order valence-corrected chi connectivity index (χ2v) is 12.1. The van der Waals surface area contributed by atoms with Crippen molar-refractivity contribution in [1.29, 1.82) is 0 Å². The highest BCUT2D eigenvalue weighted by molar-refractivity contribution is 5.48. The lowest BCUT2D eigenvalue weighted by atomic mass is 10.2. The smallest absolute Gasteiger partial charge is 0.363 e. The molecule has 17 heteroatoms. The van der Waals surface area contributed by atoms with E-state index in [1.54, 1.807) is 12.3 Å². The van der Waals surface area contributed by atoms with Gasteiger partial charge in [-0.15, -0.1) is 0 Å². The number of anilines is 3. The molecule has 6 N–H and O–H groups in total. The van der Waals surface area contributed by atoms with Crippen LogP contribution in [-0.2, 0) is 0 Å². The minimum atomic E-state index is -0.717. The van der Waals surface area contributed by atoms with Gasteiger partial charge in [-0.25, -0.2) is 9.97 Å². The van der Waals surface area contributed by atoms with Crippen molar-refractivity contribution in [3.63, 3.8) is 0 Å². The molecule has 6 rings (SSSR count). The van der Waals surface area contributed by atoms with Crippen LogP contribution in [0, 0.1) is 26.2 Å². The van der Waals surface area contributed by atoms with Crippen molar-refractivity contribution >= 4 is 28.7 Å². The third kappa shape index (κ3) is 14.9. The normalized spacial score (nSPS) is 20.8. The van der Waals surface area contributed by atoms with Gasteiger partial charge in [0.25, 0.3) is 5.69 Å². The number of nitrogens with zero attached hydrogens (tertiary/aromatic N) is 7. The van der Waals surface area contributed by atoms with E-state index in [9.17, 15) is 34.8 Å². The molecule has 50 heavy (non-hydrogen) atoms. The molecule has 0 spiro atoms. The molecule has 3 atom stereocenters. The van der Waals surface area contributed by atoms with E-state index in [2.05, 4.69) is 30.1 Å². The molecule has 0 aromatic carbocycles. The summed E-state index contributed by atoms with van der Waals surface area (Å²) in [6, 6.07) is 8.93. The van der Waals surface area contributed by atoms with E-state index in [4.69, 9.17) is 10.8 Å². The van der Waals surface area contributed by atoms with Crippen LogP contribution in [-0.4, -0.2) is 97.7 Å². The van der Waals surface area contributed by atoms with Gasteiger partial charge in [-0.3, -0.25) is 10.1 Å². The zero-order chi connectivity index (χ0) is 36.3. The summed E-state index contributed by atoms with van der Waals surface area (Å²) in [6.07, 6.45) is 12.1. The Bertz CT molecular complexity index is 1410. The average Bonchev–Trinajstić information content (AvgIpc) is 3.59. The van der Waals surface area contributed by atoms with E-state index in [1.165, 1.54) is 12.3 Å². The number of nitro groups is 2.